The summed E-state index contributed by atoms with van der Waals surface area (Å²) in [5, 5.41) is 2.88. The first-order valence-corrected chi connectivity index (χ1v) is 8.88. The van der Waals surface area contributed by atoms with Gasteiger partial charge >= 0.3 is 0 Å². The summed E-state index contributed by atoms with van der Waals surface area (Å²) < 4.78 is 29.7. The summed E-state index contributed by atoms with van der Waals surface area (Å²) >= 11 is 0. The molecule has 1 N–H and O–H groups in total. The van der Waals surface area contributed by atoms with E-state index in [1.807, 2.05) is 58.9 Å². The molecule has 142 valence electrons. The van der Waals surface area contributed by atoms with Crippen LogP contribution in [0.1, 0.15) is 33.3 Å². The number of fused-ring (bicyclic) bond motifs is 3. The third kappa shape index (κ3) is 3.25. The van der Waals surface area contributed by atoms with E-state index >= 15 is 0 Å². The Morgan fingerprint density at radius 1 is 0.885 bits per heavy atom. The number of hydrogen-bond donors (Lipinski definition) is 1. The molecule has 26 heavy (non-hydrogen) atoms. The molecule has 5 atom stereocenters. The molecule has 3 aliphatic rings. The summed E-state index contributed by atoms with van der Waals surface area (Å²) in [4.78, 5) is 12.9. The van der Waals surface area contributed by atoms with E-state index in [0.717, 1.165) is 5.56 Å². The zero-order valence-electron chi connectivity index (χ0n) is 15.6. The third-order valence-electron chi connectivity index (χ3n) is 4.73. The average molecular weight is 363 g/mol. The summed E-state index contributed by atoms with van der Waals surface area (Å²) in [5.41, 5.74) is 1.82. The fraction of sp³-hybridized carbons (Fsp3) is 0.632. The quantitative estimate of drug-likeness (QED) is 0.869. The van der Waals surface area contributed by atoms with Crippen LogP contribution in [0.15, 0.2) is 24.3 Å². The second-order valence-corrected chi connectivity index (χ2v) is 7.95. The van der Waals surface area contributed by atoms with E-state index in [1.165, 1.54) is 0 Å². The molecule has 0 spiro atoms. The first kappa shape index (κ1) is 17.9. The third-order valence-corrected chi connectivity index (χ3v) is 4.73. The number of aryl methyl sites for hydroxylation is 1. The van der Waals surface area contributed by atoms with Gasteiger partial charge in [-0.25, -0.2) is 0 Å². The van der Waals surface area contributed by atoms with Gasteiger partial charge in [-0.2, -0.15) is 0 Å². The monoisotopic (exact) mass is 363 g/mol. The van der Waals surface area contributed by atoms with Crippen molar-refractivity contribution < 1.29 is 28.5 Å². The standard InChI is InChI=1S/C19H25NO6/c1-10-6-8-11(9-7-10)20-16(21)14-12-13(24-18(2,3)23-12)15-17(22-14)26-19(4,5)25-15/h6-9,12-15,17H,1-5H3,(H,20,21)/t12-,13-,14+,15+,17-/m0/s1. The van der Waals surface area contributed by atoms with Crippen LogP contribution in [0.3, 0.4) is 0 Å². The molecule has 1 amide bonds. The molecular weight excluding hydrogens is 338 g/mol. The lowest BCUT2D eigenvalue weighted by Crippen LogP contribution is -2.58. The van der Waals surface area contributed by atoms with Crippen LogP contribution in [0.4, 0.5) is 5.69 Å². The number of carbonyl (C=O) groups is 1. The number of carbonyl (C=O) groups excluding carboxylic acids is 1. The van der Waals surface area contributed by atoms with E-state index in [-0.39, 0.29) is 5.91 Å². The fourth-order valence-electron chi connectivity index (χ4n) is 3.67. The second kappa shape index (κ2) is 6.00. The van der Waals surface area contributed by atoms with Crippen LogP contribution in [-0.2, 0) is 28.5 Å². The maximum Gasteiger partial charge on any atom is 0.256 e. The maximum atomic E-state index is 12.9. The van der Waals surface area contributed by atoms with E-state index in [0.29, 0.717) is 5.69 Å². The molecule has 0 aromatic heterocycles. The number of amides is 1. The van der Waals surface area contributed by atoms with Crippen molar-refractivity contribution >= 4 is 11.6 Å². The second-order valence-electron chi connectivity index (χ2n) is 7.95. The molecule has 3 fully saturated rings. The van der Waals surface area contributed by atoms with Crippen LogP contribution < -0.4 is 5.32 Å². The van der Waals surface area contributed by atoms with Crippen LogP contribution in [0.25, 0.3) is 0 Å². The number of nitrogens with one attached hydrogen (secondary N) is 1. The highest BCUT2D eigenvalue weighted by atomic mass is 16.9. The molecule has 7 heteroatoms. The van der Waals surface area contributed by atoms with E-state index in [9.17, 15) is 4.79 Å². The highest BCUT2D eigenvalue weighted by molar-refractivity contribution is 5.94. The average Bonchev–Trinajstić information content (AvgIpc) is 3.02. The minimum absolute atomic E-state index is 0.295. The number of ether oxygens (including phenoxy) is 5. The van der Waals surface area contributed by atoms with Gasteiger partial charge in [0.15, 0.2) is 24.0 Å². The lowest BCUT2D eigenvalue weighted by atomic mass is 9.98. The van der Waals surface area contributed by atoms with Crippen LogP contribution in [0.2, 0.25) is 0 Å². The molecule has 3 aliphatic heterocycles. The first-order chi connectivity index (χ1) is 12.1. The molecule has 0 bridgehead atoms. The molecule has 0 unspecified atom stereocenters. The highest BCUT2D eigenvalue weighted by Crippen LogP contribution is 2.44. The van der Waals surface area contributed by atoms with Crippen LogP contribution in [-0.4, -0.2) is 48.2 Å². The summed E-state index contributed by atoms with van der Waals surface area (Å²) in [6.45, 7) is 9.25. The highest BCUT2D eigenvalue weighted by Gasteiger charge is 2.62. The number of rotatable bonds is 2. The van der Waals surface area contributed by atoms with Crippen molar-refractivity contribution in [3.8, 4) is 0 Å². The maximum absolute atomic E-state index is 12.9. The van der Waals surface area contributed by atoms with Gasteiger partial charge in [-0.1, -0.05) is 17.7 Å². The smallest absolute Gasteiger partial charge is 0.256 e. The largest absolute Gasteiger partial charge is 0.342 e. The summed E-state index contributed by atoms with van der Waals surface area (Å²) in [6, 6.07) is 7.57. The van der Waals surface area contributed by atoms with Gasteiger partial charge in [0.05, 0.1) is 0 Å². The zero-order chi connectivity index (χ0) is 18.7. The van der Waals surface area contributed by atoms with Crippen LogP contribution in [0, 0.1) is 6.92 Å². The van der Waals surface area contributed by atoms with Gasteiger partial charge in [0.1, 0.15) is 18.3 Å². The van der Waals surface area contributed by atoms with E-state index in [1.54, 1.807) is 0 Å². The number of hydrogen-bond acceptors (Lipinski definition) is 6. The fourth-order valence-corrected chi connectivity index (χ4v) is 3.67. The van der Waals surface area contributed by atoms with Crippen molar-refractivity contribution in [2.75, 3.05) is 5.32 Å². The van der Waals surface area contributed by atoms with Gasteiger partial charge in [-0.05, 0) is 46.8 Å². The zero-order valence-corrected chi connectivity index (χ0v) is 15.6. The summed E-state index contributed by atoms with van der Waals surface area (Å²) in [5.74, 6) is -1.93. The van der Waals surface area contributed by atoms with Crippen LogP contribution in [0.5, 0.6) is 0 Å². The Morgan fingerprint density at radius 2 is 1.46 bits per heavy atom. The molecule has 0 saturated carbocycles. The summed E-state index contributed by atoms with van der Waals surface area (Å²) in [7, 11) is 0. The molecule has 3 saturated heterocycles. The van der Waals surface area contributed by atoms with Gasteiger partial charge in [0.25, 0.3) is 5.91 Å². The Bertz CT molecular complexity index is 700. The predicted molar refractivity (Wildman–Crippen MR) is 92.3 cm³/mol. The lowest BCUT2D eigenvalue weighted by molar-refractivity contribution is -0.229. The Hall–Kier alpha value is -1.51. The van der Waals surface area contributed by atoms with Gasteiger partial charge in [-0.15, -0.1) is 0 Å². The topological polar surface area (TPSA) is 75.3 Å². The van der Waals surface area contributed by atoms with Gasteiger partial charge in [-0.3, -0.25) is 4.79 Å². The Labute approximate surface area is 152 Å². The summed E-state index contributed by atoms with van der Waals surface area (Å²) in [6.07, 6.45) is -3.01. The van der Waals surface area contributed by atoms with Crippen molar-refractivity contribution in [1.29, 1.82) is 0 Å². The molecule has 7 nitrogen and oxygen atoms in total. The van der Waals surface area contributed by atoms with Gasteiger partial charge < -0.3 is 29.0 Å². The van der Waals surface area contributed by atoms with Crippen molar-refractivity contribution in [3.63, 3.8) is 0 Å². The van der Waals surface area contributed by atoms with Crippen molar-refractivity contribution in [3.05, 3.63) is 29.8 Å². The number of anilines is 1. The van der Waals surface area contributed by atoms with E-state index in [4.69, 9.17) is 23.7 Å². The van der Waals surface area contributed by atoms with Gasteiger partial charge in [0, 0.05) is 5.69 Å². The molecule has 1 aromatic carbocycles. The van der Waals surface area contributed by atoms with Crippen molar-refractivity contribution in [2.24, 2.45) is 0 Å². The predicted octanol–water partition coefficient (Wildman–Crippen LogP) is 2.33. The SMILES string of the molecule is Cc1ccc(NC(=O)[C@@H]2O[C@H]3OC(C)(C)O[C@@H]3[C@H]3OC(C)(C)O[C@@H]32)cc1. The van der Waals surface area contributed by atoms with Crippen molar-refractivity contribution in [2.45, 2.75) is 76.9 Å². The number of benzene rings is 1. The lowest BCUT2D eigenvalue weighted by Gasteiger charge is -2.36. The van der Waals surface area contributed by atoms with Gasteiger partial charge in [0.2, 0.25) is 0 Å². The van der Waals surface area contributed by atoms with Crippen molar-refractivity contribution in [1.82, 2.24) is 0 Å². The Morgan fingerprint density at radius 3 is 2.15 bits per heavy atom. The van der Waals surface area contributed by atoms with E-state index in [2.05, 4.69) is 5.32 Å². The molecule has 3 heterocycles. The van der Waals surface area contributed by atoms with E-state index < -0.39 is 42.3 Å². The minimum Gasteiger partial charge on any atom is -0.342 e. The molecule has 4 rings (SSSR count). The minimum atomic E-state index is -0.859. The molecular formula is C19H25NO6. The Kier molecular flexibility index (Phi) is 4.13. The molecule has 0 aliphatic carbocycles. The molecule has 0 radical (unpaired) electrons. The first-order valence-electron chi connectivity index (χ1n) is 8.88. The molecule has 1 aromatic rings. The van der Waals surface area contributed by atoms with Crippen LogP contribution >= 0.6 is 0 Å². The Balaban J connectivity index is 1.57. The normalized spacial score (nSPS) is 37.0.